The quantitative estimate of drug-likeness (QED) is 0.467. The van der Waals surface area contributed by atoms with Crippen molar-refractivity contribution in [2.45, 2.75) is 0 Å². The summed E-state index contributed by atoms with van der Waals surface area (Å²) in [5.41, 5.74) is 0. The molecule has 0 spiro atoms. The molecule has 0 radical (unpaired) electrons. The third-order valence-corrected chi connectivity index (χ3v) is 0. The van der Waals surface area contributed by atoms with Crippen molar-refractivity contribution in [3.63, 3.8) is 0 Å². The van der Waals surface area contributed by atoms with E-state index in [9.17, 15) is 25.2 Å². The Balaban J connectivity index is -0.000000180. The topological polar surface area (TPSA) is 0 Å². The van der Waals surface area contributed by atoms with E-state index in [-0.39, 0.29) is 22.5 Å². The van der Waals surface area contributed by atoms with E-state index >= 15 is 0 Å². The molecule has 0 aliphatic heterocycles. The minimum Gasteiger partial charge on any atom is 0 e. The van der Waals surface area contributed by atoms with Crippen LogP contribution in [0.15, 0.2) is 0 Å². The average Bonchev–Trinajstić information content (AvgIpc) is 0.592. The monoisotopic (exact) mass is 341 g/mol. The first-order valence-electron chi connectivity index (χ1n) is 1.01. The summed E-state index contributed by atoms with van der Waals surface area (Å²) in [6.07, 6.45) is 0. The minimum absolute atomic E-state index is 0. The van der Waals surface area contributed by atoms with Gasteiger partial charge in [-0.15, -0.1) is 0 Å². The van der Waals surface area contributed by atoms with E-state index in [1.807, 2.05) is 0 Å². The molecule has 0 unspecified atom stereocenters. The van der Waals surface area contributed by atoms with E-state index in [1.165, 1.54) is 0 Å². The molecule has 58 valence electrons. The summed E-state index contributed by atoms with van der Waals surface area (Å²) in [7, 11) is -10.7. The minimum atomic E-state index is -10.7. The molecule has 0 N–H and O–H groups in total. The molecule has 0 rings (SSSR count). The van der Waals surface area contributed by atoms with E-state index in [4.69, 9.17) is 0 Å². The maximum atomic E-state index is 9.87. The van der Waals surface area contributed by atoms with Gasteiger partial charge in [0.1, 0.15) is 0 Å². The third kappa shape index (κ3) is 446. The van der Waals surface area contributed by atoms with Gasteiger partial charge < -0.3 is 0 Å². The zero-order chi connectivity index (χ0) is 6.41. The first-order chi connectivity index (χ1) is 2.45. The second-order valence-corrected chi connectivity index (χ2v) is 2.87. The molecule has 0 fully saturated rings. The van der Waals surface area contributed by atoms with Gasteiger partial charge in [0.25, 0.3) is 0 Å². The molecule has 0 saturated carbocycles. The fraction of sp³-hybridized carbons (Fsp3) is 0. The van der Waals surface area contributed by atoms with Gasteiger partial charge in [-0.1, -0.05) is 0 Å². The molecule has 0 nitrogen and oxygen atoms in total. The predicted octanol–water partition coefficient (Wildman–Crippen LogP) is 3.49. The van der Waals surface area contributed by atoms with Crippen molar-refractivity contribution >= 4 is 7.81 Å². The standard InChI is InChI=1S/F6P.Pt/c1-7(2,3,4,5)6;/q-1;/p+1. The van der Waals surface area contributed by atoms with Crippen LogP contribution < -0.4 is 0 Å². The van der Waals surface area contributed by atoms with Crippen LogP contribution in [0.25, 0.3) is 0 Å². The van der Waals surface area contributed by atoms with Crippen LogP contribution in [-0.2, 0) is 21.1 Å². The zero-order valence-corrected chi connectivity index (χ0v) is 6.20. The fourth-order valence-corrected chi connectivity index (χ4v) is 0. The Morgan fingerprint density at radius 1 is 0.750 bits per heavy atom. The molecule has 0 heterocycles. The molecule has 0 saturated heterocycles. The van der Waals surface area contributed by atoms with Gasteiger partial charge in [0, 0.05) is 21.1 Å². The molecule has 8 heteroatoms. The Morgan fingerprint density at radius 3 is 0.750 bits per heavy atom. The Labute approximate surface area is 56.2 Å². The van der Waals surface area contributed by atoms with Gasteiger partial charge in [-0.3, -0.25) is 0 Å². The molecular formula is HF6PPt. The van der Waals surface area contributed by atoms with Crippen molar-refractivity contribution in [1.82, 2.24) is 0 Å². The van der Waals surface area contributed by atoms with E-state index in [0.717, 1.165) is 0 Å². The molecule has 0 bridgehead atoms. The smallest absolute Gasteiger partial charge is 0 e. The molecule has 0 atom stereocenters. The van der Waals surface area contributed by atoms with E-state index in [0.29, 0.717) is 0 Å². The molecule has 0 aromatic heterocycles. The van der Waals surface area contributed by atoms with Gasteiger partial charge in [0.05, 0.1) is 0 Å². The third-order valence-electron chi connectivity index (χ3n) is 0. The Kier molecular flexibility index (Phi) is 2.01. The van der Waals surface area contributed by atoms with Gasteiger partial charge in [0.15, 0.2) is 0 Å². The molecule has 8 heavy (non-hydrogen) atoms. The largest absolute Gasteiger partial charge is 1.00 e. The van der Waals surface area contributed by atoms with Crippen LogP contribution >= 0.6 is 7.81 Å². The Morgan fingerprint density at radius 2 is 0.750 bits per heavy atom. The summed E-state index contributed by atoms with van der Waals surface area (Å²) in [4.78, 5) is 0. The normalized spacial score (nSPS) is 20.2. The summed E-state index contributed by atoms with van der Waals surface area (Å²) >= 11 is 0. The van der Waals surface area contributed by atoms with Crippen molar-refractivity contribution in [2.24, 2.45) is 0 Å². The molecule has 0 aromatic carbocycles. The molecule has 0 aliphatic carbocycles. The number of halogens is 6. The zero-order valence-electron chi connectivity index (χ0n) is 4.03. The Hall–Kier alpha value is 0.698. The number of hydrogen-bond donors (Lipinski definition) is 0. The first kappa shape index (κ1) is 11.5. The molecule has 0 aliphatic rings. The molecule has 0 amide bonds. The maximum absolute atomic E-state index is 10.7. The second-order valence-electron chi connectivity index (χ2n) is 0.958. The van der Waals surface area contributed by atoms with Crippen LogP contribution in [0.1, 0.15) is 1.43 Å². The van der Waals surface area contributed by atoms with Crippen molar-refractivity contribution in [3.8, 4) is 0 Å². The average molecular weight is 341 g/mol. The van der Waals surface area contributed by atoms with Gasteiger partial charge >= 0.3 is 34.4 Å². The summed E-state index contributed by atoms with van der Waals surface area (Å²) in [6.45, 7) is 0. The second kappa shape index (κ2) is 1.40. The van der Waals surface area contributed by atoms with E-state index in [1.54, 1.807) is 0 Å². The molecule has 0 aromatic rings. The van der Waals surface area contributed by atoms with Gasteiger partial charge in [-0.2, -0.15) is 0 Å². The van der Waals surface area contributed by atoms with Gasteiger partial charge in [-0.25, -0.2) is 0 Å². The number of rotatable bonds is 0. The van der Waals surface area contributed by atoms with Crippen LogP contribution in [0.2, 0.25) is 0 Å². The number of hydrogen-bond acceptors (Lipinski definition) is 0. The summed E-state index contributed by atoms with van der Waals surface area (Å²) in [6, 6.07) is 0. The van der Waals surface area contributed by atoms with Crippen LogP contribution in [0.4, 0.5) is 25.2 Å². The molecular weight excluding hydrogens is 340 g/mol. The van der Waals surface area contributed by atoms with E-state index in [2.05, 4.69) is 0 Å². The van der Waals surface area contributed by atoms with Crippen LogP contribution in [0.3, 0.4) is 0 Å². The summed E-state index contributed by atoms with van der Waals surface area (Å²) < 4.78 is 59.2. The Bertz CT molecular complexity index is 71.6. The van der Waals surface area contributed by atoms with Crippen molar-refractivity contribution in [3.05, 3.63) is 0 Å². The van der Waals surface area contributed by atoms with Crippen molar-refractivity contribution < 1.29 is 47.7 Å². The van der Waals surface area contributed by atoms with Crippen molar-refractivity contribution in [2.75, 3.05) is 0 Å². The van der Waals surface area contributed by atoms with Gasteiger partial charge in [0.2, 0.25) is 0 Å². The van der Waals surface area contributed by atoms with E-state index < -0.39 is 7.81 Å². The van der Waals surface area contributed by atoms with Gasteiger partial charge in [-0.05, 0) is 0 Å². The summed E-state index contributed by atoms with van der Waals surface area (Å²) in [5, 5.41) is 0. The van der Waals surface area contributed by atoms with Crippen molar-refractivity contribution in [1.29, 1.82) is 0 Å². The fourth-order valence-electron chi connectivity index (χ4n) is 0. The van der Waals surface area contributed by atoms with Crippen LogP contribution in [0.5, 0.6) is 0 Å². The summed E-state index contributed by atoms with van der Waals surface area (Å²) in [5.74, 6) is 0. The maximum Gasteiger partial charge on any atom is 1.00 e. The first-order valence-corrected chi connectivity index (χ1v) is 3.04. The van der Waals surface area contributed by atoms with Crippen LogP contribution in [0, 0.1) is 0 Å². The predicted molar refractivity (Wildman–Crippen MR) is 14.7 cm³/mol. The van der Waals surface area contributed by atoms with Crippen LogP contribution in [-0.4, -0.2) is 0 Å². The SMILES string of the molecule is F[P-](F)(F)(F)(F)F.[H+].[Pt].